The SMILES string of the molecule is Cc1c2ccc(N(C)C(=O)Nc3cc([N+](=O)[O-])cc(Cl)c3Cl)cc2nn1C. The molecule has 0 bridgehead atoms. The Hall–Kier alpha value is -2.84. The van der Waals surface area contributed by atoms with Crippen LogP contribution in [0.3, 0.4) is 0 Å². The number of carbonyl (C=O) groups excluding carboxylic acids is 1. The van der Waals surface area contributed by atoms with E-state index in [4.69, 9.17) is 23.2 Å². The summed E-state index contributed by atoms with van der Waals surface area (Å²) < 4.78 is 1.76. The Morgan fingerprint density at radius 2 is 2.00 bits per heavy atom. The Labute approximate surface area is 164 Å². The molecule has 140 valence electrons. The molecule has 0 radical (unpaired) electrons. The third-order valence-electron chi connectivity index (χ3n) is 4.27. The number of carbonyl (C=O) groups is 1. The van der Waals surface area contributed by atoms with Crippen LogP contribution in [-0.4, -0.2) is 27.8 Å². The van der Waals surface area contributed by atoms with Crippen LogP contribution in [0, 0.1) is 17.0 Å². The van der Waals surface area contributed by atoms with Gasteiger partial charge >= 0.3 is 6.03 Å². The number of hydrogen-bond acceptors (Lipinski definition) is 4. The van der Waals surface area contributed by atoms with Crippen molar-refractivity contribution in [2.45, 2.75) is 6.92 Å². The Morgan fingerprint density at radius 3 is 2.67 bits per heavy atom. The van der Waals surface area contributed by atoms with Gasteiger partial charge in [-0.1, -0.05) is 23.2 Å². The first-order chi connectivity index (χ1) is 12.7. The third kappa shape index (κ3) is 3.54. The van der Waals surface area contributed by atoms with Crippen LogP contribution in [0.2, 0.25) is 10.0 Å². The number of hydrogen-bond donors (Lipinski definition) is 1. The summed E-state index contributed by atoms with van der Waals surface area (Å²) in [6.45, 7) is 1.96. The molecule has 27 heavy (non-hydrogen) atoms. The van der Waals surface area contributed by atoms with Crippen LogP contribution in [0.15, 0.2) is 30.3 Å². The van der Waals surface area contributed by atoms with E-state index in [9.17, 15) is 14.9 Å². The number of benzene rings is 2. The minimum absolute atomic E-state index is 0.0193. The van der Waals surface area contributed by atoms with Gasteiger partial charge in [0.15, 0.2) is 0 Å². The standard InChI is InChI=1S/C17H15Cl2N5O3/c1-9-12-5-4-10(7-14(12)21-23(9)3)22(2)17(25)20-15-8-11(24(26)27)6-13(18)16(15)19/h4-8H,1-3H3,(H,20,25). The van der Waals surface area contributed by atoms with Gasteiger partial charge in [0, 0.05) is 43.0 Å². The molecule has 10 heteroatoms. The van der Waals surface area contributed by atoms with E-state index >= 15 is 0 Å². The number of non-ortho nitro benzene ring substituents is 1. The molecule has 0 saturated heterocycles. The molecule has 0 aliphatic heterocycles. The molecule has 0 spiro atoms. The van der Waals surface area contributed by atoms with Gasteiger partial charge < -0.3 is 5.32 Å². The fourth-order valence-corrected chi connectivity index (χ4v) is 2.99. The zero-order valence-electron chi connectivity index (χ0n) is 14.7. The van der Waals surface area contributed by atoms with Crippen molar-refractivity contribution >= 4 is 57.2 Å². The lowest BCUT2D eigenvalue weighted by molar-refractivity contribution is -0.384. The Bertz CT molecular complexity index is 1080. The first-order valence-corrected chi connectivity index (χ1v) is 8.56. The predicted octanol–water partition coefficient (Wildman–Crippen LogP) is 4.77. The monoisotopic (exact) mass is 407 g/mol. The molecule has 8 nitrogen and oxygen atoms in total. The van der Waals surface area contributed by atoms with Gasteiger partial charge in [0.1, 0.15) is 0 Å². The molecule has 3 aromatic rings. The second kappa shape index (κ2) is 7.05. The molecule has 0 aliphatic rings. The van der Waals surface area contributed by atoms with Gasteiger partial charge in [0.25, 0.3) is 5.69 Å². The van der Waals surface area contributed by atoms with Crippen LogP contribution < -0.4 is 10.2 Å². The summed E-state index contributed by atoms with van der Waals surface area (Å²) >= 11 is 12.0. The van der Waals surface area contributed by atoms with E-state index in [-0.39, 0.29) is 21.4 Å². The summed E-state index contributed by atoms with van der Waals surface area (Å²) in [4.78, 5) is 24.3. The number of aromatic nitrogens is 2. The first kappa shape index (κ1) is 18.9. The average Bonchev–Trinajstić information content (AvgIpc) is 2.91. The molecule has 0 aliphatic carbocycles. The van der Waals surface area contributed by atoms with Crippen molar-refractivity contribution in [3.63, 3.8) is 0 Å². The summed E-state index contributed by atoms with van der Waals surface area (Å²) in [6.07, 6.45) is 0. The van der Waals surface area contributed by atoms with E-state index in [1.54, 1.807) is 23.9 Å². The number of nitro groups is 1. The van der Waals surface area contributed by atoms with Crippen LogP contribution in [0.5, 0.6) is 0 Å². The molecule has 1 aromatic heterocycles. The maximum absolute atomic E-state index is 12.6. The number of anilines is 2. The highest BCUT2D eigenvalue weighted by Gasteiger charge is 2.19. The van der Waals surface area contributed by atoms with Crippen molar-refractivity contribution in [2.24, 2.45) is 7.05 Å². The Kier molecular flexibility index (Phi) is 4.95. The molecular weight excluding hydrogens is 393 g/mol. The van der Waals surface area contributed by atoms with E-state index in [0.29, 0.717) is 5.69 Å². The van der Waals surface area contributed by atoms with Gasteiger partial charge in [-0.2, -0.15) is 5.10 Å². The van der Waals surface area contributed by atoms with Crippen molar-refractivity contribution in [2.75, 3.05) is 17.3 Å². The third-order valence-corrected chi connectivity index (χ3v) is 5.07. The van der Waals surface area contributed by atoms with Crippen LogP contribution in [0.1, 0.15) is 5.69 Å². The zero-order valence-corrected chi connectivity index (χ0v) is 16.2. The van der Waals surface area contributed by atoms with Crippen LogP contribution in [0.4, 0.5) is 21.9 Å². The topological polar surface area (TPSA) is 93.3 Å². The second-order valence-electron chi connectivity index (χ2n) is 5.95. The van der Waals surface area contributed by atoms with Crippen LogP contribution in [-0.2, 0) is 7.05 Å². The number of nitro benzene ring substituents is 1. The van der Waals surface area contributed by atoms with Gasteiger partial charge in [0.2, 0.25) is 0 Å². The fraction of sp³-hybridized carbons (Fsp3) is 0.176. The summed E-state index contributed by atoms with van der Waals surface area (Å²) in [5.41, 5.74) is 2.16. The van der Waals surface area contributed by atoms with Crippen molar-refractivity contribution in [3.05, 3.63) is 56.2 Å². The Balaban J connectivity index is 1.89. The smallest absolute Gasteiger partial charge is 0.306 e. The van der Waals surface area contributed by atoms with Gasteiger partial charge in [-0.3, -0.25) is 19.7 Å². The fourth-order valence-electron chi connectivity index (χ4n) is 2.62. The number of nitrogens with zero attached hydrogens (tertiary/aromatic N) is 4. The van der Waals surface area contributed by atoms with Crippen molar-refractivity contribution in [1.29, 1.82) is 0 Å². The summed E-state index contributed by atoms with van der Waals surface area (Å²) in [6, 6.07) is 7.21. The lowest BCUT2D eigenvalue weighted by atomic mass is 10.2. The zero-order chi connectivity index (χ0) is 19.9. The highest BCUT2D eigenvalue weighted by atomic mass is 35.5. The lowest BCUT2D eigenvalue weighted by Gasteiger charge is -2.19. The summed E-state index contributed by atoms with van der Waals surface area (Å²) in [5, 5.41) is 18.9. The highest BCUT2D eigenvalue weighted by molar-refractivity contribution is 6.44. The largest absolute Gasteiger partial charge is 0.326 e. The van der Waals surface area contributed by atoms with E-state index < -0.39 is 11.0 Å². The molecule has 0 fully saturated rings. The summed E-state index contributed by atoms with van der Waals surface area (Å²) in [5.74, 6) is 0. The van der Waals surface area contributed by atoms with Gasteiger partial charge in [-0.05, 0) is 25.1 Å². The number of urea groups is 1. The number of rotatable bonds is 3. The molecule has 1 heterocycles. The van der Waals surface area contributed by atoms with Crippen molar-refractivity contribution in [3.8, 4) is 0 Å². The van der Waals surface area contributed by atoms with E-state index in [1.807, 2.05) is 20.0 Å². The highest BCUT2D eigenvalue weighted by Crippen LogP contribution is 2.35. The quantitative estimate of drug-likeness (QED) is 0.499. The molecular formula is C17H15Cl2N5O3. The lowest BCUT2D eigenvalue weighted by Crippen LogP contribution is -2.31. The number of fused-ring (bicyclic) bond motifs is 1. The number of halogens is 2. The molecule has 0 atom stereocenters. The van der Waals surface area contributed by atoms with E-state index in [2.05, 4.69) is 10.4 Å². The van der Waals surface area contributed by atoms with Crippen LogP contribution >= 0.6 is 23.2 Å². The predicted molar refractivity (Wildman–Crippen MR) is 106 cm³/mol. The van der Waals surface area contributed by atoms with Crippen LogP contribution in [0.25, 0.3) is 10.9 Å². The normalized spacial score (nSPS) is 10.9. The molecule has 1 N–H and O–H groups in total. The summed E-state index contributed by atoms with van der Waals surface area (Å²) in [7, 11) is 3.42. The minimum atomic E-state index is -0.612. The minimum Gasteiger partial charge on any atom is -0.306 e. The van der Waals surface area contributed by atoms with E-state index in [0.717, 1.165) is 28.7 Å². The molecule has 0 saturated carbocycles. The number of amides is 2. The average molecular weight is 408 g/mol. The van der Waals surface area contributed by atoms with Gasteiger partial charge in [0.05, 0.1) is 26.2 Å². The molecule has 3 rings (SSSR count). The van der Waals surface area contributed by atoms with Gasteiger partial charge in [-0.25, -0.2) is 4.79 Å². The van der Waals surface area contributed by atoms with Gasteiger partial charge in [-0.15, -0.1) is 0 Å². The maximum Gasteiger partial charge on any atom is 0.326 e. The number of nitrogens with one attached hydrogen (secondary N) is 1. The molecule has 2 amide bonds. The number of aryl methyl sites for hydroxylation is 2. The first-order valence-electron chi connectivity index (χ1n) is 7.80. The molecule has 0 unspecified atom stereocenters. The van der Waals surface area contributed by atoms with Crippen molar-refractivity contribution < 1.29 is 9.72 Å². The maximum atomic E-state index is 12.6. The van der Waals surface area contributed by atoms with E-state index in [1.165, 1.54) is 4.90 Å². The Morgan fingerprint density at radius 1 is 1.30 bits per heavy atom. The second-order valence-corrected chi connectivity index (χ2v) is 6.73. The van der Waals surface area contributed by atoms with Crippen molar-refractivity contribution in [1.82, 2.24) is 9.78 Å². The molecule has 2 aromatic carbocycles.